The zero-order valence-corrected chi connectivity index (χ0v) is 12.4. The van der Waals surface area contributed by atoms with Gasteiger partial charge in [0.05, 0.1) is 0 Å². The third-order valence-electron chi connectivity index (χ3n) is 2.84. The molecular formula is C17H18N2O2. The number of aromatic nitrogens is 1. The van der Waals surface area contributed by atoms with Crippen molar-refractivity contribution in [3.63, 3.8) is 0 Å². The van der Waals surface area contributed by atoms with E-state index in [1.165, 1.54) is 0 Å². The minimum Gasteiger partial charge on any atom is -0.423 e. The van der Waals surface area contributed by atoms with E-state index in [2.05, 4.69) is 10.3 Å². The third-order valence-corrected chi connectivity index (χ3v) is 2.84. The van der Waals surface area contributed by atoms with Gasteiger partial charge in [-0.3, -0.25) is 4.79 Å². The molecule has 0 fully saturated rings. The van der Waals surface area contributed by atoms with Crippen LogP contribution in [0.1, 0.15) is 31.1 Å². The van der Waals surface area contributed by atoms with E-state index >= 15 is 0 Å². The van der Waals surface area contributed by atoms with Gasteiger partial charge in [0, 0.05) is 11.3 Å². The van der Waals surface area contributed by atoms with Crippen LogP contribution in [-0.2, 0) is 0 Å². The molecule has 0 radical (unpaired) electrons. The van der Waals surface area contributed by atoms with Crippen LogP contribution in [0.4, 0.5) is 11.7 Å². The number of nitrogens with zero attached hydrogens (tertiary/aromatic N) is 1. The second-order valence-electron chi connectivity index (χ2n) is 4.25. The van der Waals surface area contributed by atoms with Gasteiger partial charge in [-0.2, -0.15) is 4.98 Å². The van der Waals surface area contributed by atoms with Crippen molar-refractivity contribution in [1.29, 1.82) is 0 Å². The number of carbonyl (C=O) groups is 1. The number of fused-ring (bicyclic) bond motifs is 1. The van der Waals surface area contributed by atoms with Crippen LogP contribution in [0.2, 0.25) is 0 Å². The van der Waals surface area contributed by atoms with E-state index in [0.29, 0.717) is 11.6 Å². The maximum atomic E-state index is 11.2. The van der Waals surface area contributed by atoms with Gasteiger partial charge in [0.15, 0.2) is 11.4 Å². The van der Waals surface area contributed by atoms with Gasteiger partial charge < -0.3 is 9.73 Å². The van der Waals surface area contributed by atoms with Crippen LogP contribution in [-0.4, -0.2) is 10.8 Å². The van der Waals surface area contributed by atoms with Crippen molar-refractivity contribution in [1.82, 2.24) is 4.98 Å². The number of para-hydroxylation sites is 2. The van der Waals surface area contributed by atoms with E-state index < -0.39 is 0 Å². The van der Waals surface area contributed by atoms with Gasteiger partial charge in [-0.1, -0.05) is 26.0 Å². The van der Waals surface area contributed by atoms with E-state index in [4.69, 9.17) is 4.42 Å². The molecule has 0 aliphatic heterocycles. The Morgan fingerprint density at radius 2 is 1.71 bits per heavy atom. The summed E-state index contributed by atoms with van der Waals surface area (Å²) in [7, 11) is 0. The van der Waals surface area contributed by atoms with Crippen molar-refractivity contribution in [2.24, 2.45) is 0 Å². The Kier molecular flexibility index (Phi) is 4.72. The number of rotatable bonds is 3. The highest BCUT2D eigenvalue weighted by molar-refractivity contribution is 5.94. The van der Waals surface area contributed by atoms with Gasteiger partial charge in [-0.25, -0.2) is 0 Å². The highest BCUT2D eigenvalue weighted by Crippen LogP contribution is 2.21. The molecule has 0 saturated carbocycles. The molecule has 0 spiro atoms. The number of anilines is 2. The van der Waals surface area contributed by atoms with Crippen molar-refractivity contribution >= 4 is 28.6 Å². The highest BCUT2D eigenvalue weighted by atomic mass is 16.4. The van der Waals surface area contributed by atoms with E-state index in [-0.39, 0.29) is 5.78 Å². The smallest absolute Gasteiger partial charge is 0.300 e. The van der Waals surface area contributed by atoms with E-state index in [1.807, 2.05) is 50.2 Å². The minimum atomic E-state index is 0.0495. The summed E-state index contributed by atoms with van der Waals surface area (Å²) in [5.41, 5.74) is 3.07. The average molecular weight is 282 g/mol. The quantitative estimate of drug-likeness (QED) is 0.701. The summed E-state index contributed by atoms with van der Waals surface area (Å²) < 4.78 is 5.56. The van der Waals surface area contributed by atoms with Gasteiger partial charge in [0.2, 0.25) is 0 Å². The summed E-state index contributed by atoms with van der Waals surface area (Å²) in [4.78, 5) is 15.5. The number of hydrogen-bond acceptors (Lipinski definition) is 4. The van der Waals surface area contributed by atoms with Crippen LogP contribution < -0.4 is 5.32 Å². The molecule has 3 rings (SSSR count). The molecule has 0 aliphatic rings. The van der Waals surface area contributed by atoms with Crippen LogP contribution in [0.3, 0.4) is 0 Å². The molecule has 2 aromatic carbocycles. The van der Waals surface area contributed by atoms with Gasteiger partial charge in [-0.15, -0.1) is 0 Å². The van der Waals surface area contributed by atoms with Crippen LogP contribution in [0.15, 0.2) is 52.9 Å². The largest absolute Gasteiger partial charge is 0.423 e. The van der Waals surface area contributed by atoms with E-state index in [9.17, 15) is 4.79 Å². The fourth-order valence-corrected chi connectivity index (χ4v) is 1.84. The number of hydrogen-bond donors (Lipinski definition) is 1. The van der Waals surface area contributed by atoms with Crippen molar-refractivity contribution in [3.05, 3.63) is 54.1 Å². The SMILES string of the molecule is CC.CC(=O)c1ccc(Nc2nc3ccccc3o2)cc1. The Morgan fingerprint density at radius 3 is 2.33 bits per heavy atom. The first-order valence-electron chi connectivity index (χ1n) is 6.96. The molecule has 1 aromatic heterocycles. The molecule has 0 bridgehead atoms. The van der Waals surface area contributed by atoms with Gasteiger partial charge in [0.1, 0.15) is 5.52 Å². The van der Waals surface area contributed by atoms with Crippen molar-refractivity contribution in [2.45, 2.75) is 20.8 Å². The Hall–Kier alpha value is -2.62. The first-order chi connectivity index (χ1) is 10.2. The topological polar surface area (TPSA) is 55.1 Å². The molecule has 0 unspecified atom stereocenters. The van der Waals surface area contributed by atoms with Crippen LogP contribution in [0.25, 0.3) is 11.1 Å². The van der Waals surface area contributed by atoms with Crippen LogP contribution in [0, 0.1) is 0 Å². The van der Waals surface area contributed by atoms with Crippen LogP contribution >= 0.6 is 0 Å². The molecule has 21 heavy (non-hydrogen) atoms. The number of nitrogens with one attached hydrogen (secondary N) is 1. The number of Topliss-reactive ketones (excluding diaryl/α,β-unsaturated/α-hetero) is 1. The first kappa shape index (κ1) is 14.8. The second kappa shape index (κ2) is 6.70. The third kappa shape index (κ3) is 3.48. The first-order valence-corrected chi connectivity index (χ1v) is 6.96. The lowest BCUT2D eigenvalue weighted by Gasteiger charge is -2.01. The van der Waals surface area contributed by atoms with Crippen molar-refractivity contribution in [2.75, 3.05) is 5.32 Å². The molecule has 0 atom stereocenters. The Labute approximate surface area is 123 Å². The highest BCUT2D eigenvalue weighted by Gasteiger charge is 2.05. The molecule has 1 heterocycles. The molecule has 0 saturated heterocycles. The van der Waals surface area contributed by atoms with Gasteiger partial charge >= 0.3 is 0 Å². The molecule has 0 amide bonds. The monoisotopic (exact) mass is 282 g/mol. The lowest BCUT2D eigenvalue weighted by Crippen LogP contribution is -1.93. The molecule has 3 aromatic rings. The summed E-state index contributed by atoms with van der Waals surface area (Å²) in [5.74, 6) is 0.0495. The summed E-state index contributed by atoms with van der Waals surface area (Å²) in [6.07, 6.45) is 0. The predicted molar refractivity (Wildman–Crippen MR) is 85.1 cm³/mol. The maximum absolute atomic E-state index is 11.2. The predicted octanol–water partition coefficient (Wildman–Crippen LogP) is 4.80. The number of oxazole rings is 1. The summed E-state index contributed by atoms with van der Waals surface area (Å²) in [6, 6.07) is 15.2. The Morgan fingerprint density at radius 1 is 1.05 bits per heavy atom. The number of ketones is 1. The lowest BCUT2D eigenvalue weighted by atomic mass is 10.1. The molecule has 0 aliphatic carbocycles. The lowest BCUT2D eigenvalue weighted by molar-refractivity contribution is 0.101. The molecular weight excluding hydrogens is 264 g/mol. The van der Waals surface area contributed by atoms with E-state index in [0.717, 1.165) is 16.8 Å². The summed E-state index contributed by atoms with van der Waals surface area (Å²) in [6.45, 7) is 5.54. The molecule has 108 valence electrons. The second-order valence-corrected chi connectivity index (χ2v) is 4.25. The molecule has 4 nitrogen and oxygen atoms in total. The maximum Gasteiger partial charge on any atom is 0.300 e. The van der Waals surface area contributed by atoms with E-state index in [1.54, 1.807) is 19.1 Å². The zero-order chi connectivity index (χ0) is 15.2. The number of benzene rings is 2. The fraction of sp³-hybridized carbons (Fsp3) is 0.176. The molecule has 1 N–H and O–H groups in total. The van der Waals surface area contributed by atoms with Crippen molar-refractivity contribution in [3.8, 4) is 0 Å². The average Bonchev–Trinajstić information content (AvgIpc) is 2.92. The summed E-state index contributed by atoms with van der Waals surface area (Å²) in [5, 5.41) is 3.07. The number of carbonyl (C=O) groups excluding carboxylic acids is 1. The van der Waals surface area contributed by atoms with Gasteiger partial charge in [0.25, 0.3) is 6.01 Å². The summed E-state index contributed by atoms with van der Waals surface area (Å²) >= 11 is 0. The normalized spacial score (nSPS) is 9.86. The van der Waals surface area contributed by atoms with Crippen LogP contribution in [0.5, 0.6) is 0 Å². The Bertz CT molecular complexity index is 697. The Balaban J connectivity index is 0.000000774. The van der Waals surface area contributed by atoms with Crippen molar-refractivity contribution < 1.29 is 9.21 Å². The standard InChI is InChI=1S/C15H12N2O2.C2H6/c1-10(18)11-6-8-12(9-7-11)16-15-17-13-4-2-3-5-14(13)19-15;1-2/h2-9H,1H3,(H,16,17);1-2H3. The van der Waals surface area contributed by atoms with Gasteiger partial charge in [-0.05, 0) is 43.3 Å². The minimum absolute atomic E-state index is 0.0495. The zero-order valence-electron chi connectivity index (χ0n) is 12.4. The fourth-order valence-electron chi connectivity index (χ4n) is 1.84. The molecule has 4 heteroatoms.